The van der Waals surface area contributed by atoms with E-state index in [1.54, 1.807) is 6.07 Å². The Morgan fingerprint density at radius 1 is 1.27 bits per heavy atom. The number of aliphatic hydroxyl groups excluding tert-OH is 2. The van der Waals surface area contributed by atoms with E-state index in [2.05, 4.69) is 24.8 Å². The summed E-state index contributed by atoms with van der Waals surface area (Å²) < 4.78 is 45.6. The van der Waals surface area contributed by atoms with Gasteiger partial charge >= 0.3 is 7.60 Å². The molecule has 5 N–H and O–H groups in total. The molecule has 3 heterocycles. The van der Waals surface area contributed by atoms with Gasteiger partial charge in [0.05, 0.1) is 12.3 Å². The minimum Gasteiger partial charge on any atom is -0.387 e. The van der Waals surface area contributed by atoms with Crippen molar-refractivity contribution in [1.82, 2.24) is 20.0 Å². The van der Waals surface area contributed by atoms with Crippen LogP contribution in [0.15, 0.2) is 6.07 Å². The quantitative estimate of drug-likeness (QED) is 0.173. The maximum Gasteiger partial charge on any atom is 0.343 e. The molecule has 0 aromatic carbocycles. The lowest BCUT2D eigenvalue weighted by atomic mass is 10.1. The van der Waals surface area contributed by atoms with Gasteiger partial charge in [-0.3, -0.25) is 8.75 Å². The fourth-order valence-electron chi connectivity index (χ4n) is 3.94. The monoisotopic (exact) mass is 527 g/mol. The van der Waals surface area contributed by atoms with Gasteiger partial charge in [0, 0.05) is 12.1 Å². The van der Waals surface area contributed by atoms with E-state index in [1.165, 1.54) is 0 Å². The molecule has 0 amide bonds. The Morgan fingerprint density at radius 3 is 2.64 bits per heavy atom. The summed E-state index contributed by atoms with van der Waals surface area (Å²) in [6, 6.07) is 1.87. The van der Waals surface area contributed by atoms with Gasteiger partial charge in [0.15, 0.2) is 22.9 Å². The highest BCUT2D eigenvalue weighted by Gasteiger charge is 2.46. The maximum atomic E-state index is 11.7. The normalized spacial score (nSPS) is 26.9. The average molecular weight is 528 g/mol. The fourth-order valence-corrected chi connectivity index (χ4v) is 6.42. The van der Waals surface area contributed by atoms with Crippen LogP contribution in [0, 0.1) is 0 Å². The van der Waals surface area contributed by atoms with Crippen molar-refractivity contribution in [3.63, 3.8) is 0 Å². The van der Waals surface area contributed by atoms with Gasteiger partial charge < -0.3 is 30.1 Å². The van der Waals surface area contributed by atoms with Gasteiger partial charge in [-0.1, -0.05) is 29.7 Å². The predicted molar refractivity (Wildman–Crippen MR) is 114 cm³/mol. The van der Waals surface area contributed by atoms with Crippen molar-refractivity contribution in [3.8, 4) is 0 Å². The van der Waals surface area contributed by atoms with Crippen molar-refractivity contribution in [2.24, 2.45) is 0 Å². The van der Waals surface area contributed by atoms with Crippen molar-refractivity contribution < 1.29 is 41.9 Å². The number of fused-ring (bicyclic) bond motifs is 1. The van der Waals surface area contributed by atoms with Gasteiger partial charge in [-0.05, 0) is 12.8 Å². The van der Waals surface area contributed by atoms with Gasteiger partial charge in [-0.15, -0.1) is 5.10 Å². The molecule has 1 aliphatic carbocycles. The molecule has 184 valence electrons. The van der Waals surface area contributed by atoms with Crippen LogP contribution < -0.4 is 5.32 Å². The number of nitrogens with one attached hydrogen (secondary N) is 1. The summed E-state index contributed by atoms with van der Waals surface area (Å²) in [5.74, 6) is 0. The molecule has 14 nitrogen and oxygen atoms in total. The van der Waals surface area contributed by atoms with E-state index in [4.69, 9.17) is 26.1 Å². The topological polar surface area (TPSA) is 206 Å². The molecule has 4 atom stereocenters. The molecule has 1 saturated carbocycles. The van der Waals surface area contributed by atoms with E-state index in [0.29, 0.717) is 11.2 Å². The molecule has 1 saturated heterocycles. The van der Waals surface area contributed by atoms with E-state index in [0.717, 1.165) is 30.4 Å². The van der Waals surface area contributed by atoms with Gasteiger partial charge in [0.1, 0.15) is 23.5 Å². The van der Waals surface area contributed by atoms with Gasteiger partial charge in [-0.25, -0.2) is 4.98 Å². The Labute approximate surface area is 193 Å². The number of aliphatic hydroxyl groups is 2. The maximum absolute atomic E-state index is 11.7. The summed E-state index contributed by atoms with van der Waals surface area (Å²) in [6.45, 7) is -0.785. The van der Waals surface area contributed by atoms with Crippen molar-refractivity contribution in [1.29, 1.82) is 0 Å². The highest BCUT2D eigenvalue weighted by atomic mass is 35.5. The van der Waals surface area contributed by atoms with Crippen LogP contribution in [0.4, 0.5) is 5.69 Å². The molecular formula is C16H23ClN5O9PS. The third-order valence-corrected chi connectivity index (χ3v) is 8.73. The number of pyridine rings is 1. The summed E-state index contributed by atoms with van der Waals surface area (Å²) >= 11 is 6.17. The SMILES string of the molecule is O=P(O)(O)CS(=O)(=O)OC[C@@H]1O[C@@H](n2nnc3c(NC4CCCC4)cc(Cl)nc32)[C@H](O)[C@@H]1O. The summed E-state index contributed by atoms with van der Waals surface area (Å²) in [6.07, 6.45) is -1.56. The average Bonchev–Trinajstić information content (AvgIpc) is 3.40. The molecule has 2 fully saturated rings. The second-order valence-electron chi connectivity index (χ2n) is 8.01. The first kappa shape index (κ1) is 24.7. The van der Waals surface area contributed by atoms with E-state index in [1.807, 2.05) is 0 Å². The number of halogens is 1. The highest BCUT2D eigenvalue weighted by Crippen LogP contribution is 2.37. The largest absolute Gasteiger partial charge is 0.387 e. The molecule has 2 aliphatic rings. The third kappa shape index (κ3) is 5.63. The molecule has 1 aliphatic heterocycles. The fraction of sp³-hybridized carbons (Fsp3) is 0.688. The Bertz CT molecular complexity index is 1170. The van der Waals surface area contributed by atoms with E-state index in [-0.39, 0.29) is 16.8 Å². The minimum absolute atomic E-state index is 0.142. The van der Waals surface area contributed by atoms with Crippen LogP contribution in [0.5, 0.6) is 0 Å². The van der Waals surface area contributed by atoms with Crippen LogP contribution in [0.2, 0.25) is 5.15 Å². The van der Waals surface area contributed by atoms with Gasteiger partial charge in [0.25, 0.3) is 10.1 Å². The molecule has 0 bridgehead atoms. The number of anilines is 1. The van der Waals surface area contributed by atoms with E-state index in [9.17, 15) is 23.2 Å². The summed E-state index contributed by atoms with van der Waals surface area (Å²) in [7, 11) is -9.50. The minimum atomic E-state index is -4.89. The molecule has 17 heteroatoms. The Morgan fingerprint density at radius 2 is 1.97 bits per heavy atom. The zero-order valence-electron chi connectivity index (χ0n) is 17.1. The van der Waals surface area contributed by atoms with Gasteiger partial charge in [0.2, 0.25) is 0 Å². The first-order valence-electron chi connectivity index (χ1n) is 10.0. The standard InChI is InChI=1S/C16H23ClN5O9PS/c17-11-5-9(18-8-3-1-2-4-8)12-15(19-11)22(21-20-12)16-14(24)13(23)10(31-16)6-30-33(28,29)7-32(25,26)27/h5,8,10,13-14,16,23-24H,1-4,6-7H2,(H,18,19)(H2,25,26,27)/t10-,13+,14+,16+/m0/s1. The predicted octanol–water partition coefficient (Wildman–Crippen LogP) is -0.0650. The molecular weight excluding hydrogens is 505 g/mol. The molecule has 33 heavy (non-hydrogen) atoms. The van der Waals surface area contributed by atoms with Gasteiger partial charge in [-0.2, -0.15) is 13.1 Å². The number of aromatic nitrogens is 4. The van der Waals surface area contributed by atoms with Crippen molar-refractivity contribution in [2.75, 3.05) is 17.4 Å². The lowest BCUT2D eigenvalue weighted by Crippen LogP contribution is -2.34. The van der Waals surface area contributed by atoms with Crippen molar-refractivity contribution >= 4 is 46.2 Å². The van der Waals surface area contributed by atoms with Crippen LogP contribution in [0.3, 0.4) is 0 Å². The Balaban J connectivity index is 1.53. The number of hydrogen-bond acceptors (Lipinski definition) is 11. The van der Waals surface area contributed by atoms with Crippen LogP contribution in [0.25, 0.3) is 11.2 Å². The summed E-state index contributed by atoms with van der Waals surface area (Å²) in [4.78, 5) is 21.9. The second kappa shape index (κ2) is 9.32. The zero-order chi connectivity index (χ0) is 24.0. The Hall–Kier alpha value is -1.42. The lowest BCUT2D eigenvalue weighted by molar-refractivity contribution is -0.0535. The van der Waals surface area contributed by atoms with Crippen LogP contribution in [0.1, 0.15) is 31.9 Å². The number of ether oxygens (including phenoxy) is 1. The first-order valence-corrected chi connectivity index (χ1v) is 13.8. The molecule has 0 spiro atoms. The smallest absolute Gasteiger partial charge is 0.343 e. The van der Waals surface area contributed by atoms with E-state index >= 15 is 0 Å². The number of nitrogens with zero attached hydrogens (tertiary/aromatic N) is 4. The number of hydrogen-bond donors (Lipinski definition) is 5. The van der Waals surface area contributed by atoms with E-state index < -0.39 is 54.4 Å². The lowest BCUT2D eigenvalue weighted by Gasteiger charge is -2.16. The molecule has 2 aromatic rings. The second-order valence-corrected chi connectivity index (χ2v) is 12.1. The number of rotatable bonds is 8. The van der Waals surface area contributed by atoms with Crippen molar-refractivity contribution in [3.05, 3.63) is 11.2 Å². The van der Waals surface area contributed by atoms with Crippen LogP contribution >= 0.6 is 19.2 Å². The first-order chi connectivity index (χ1) is 15.4. The van der Waals surface area contributed by atoms with Crippen molar-refractivity contribution in [2.45, 2.75) is 56.3 Å². The highest BCUT2D eigenvalue weighted by molar-refractivity contribution is 7.93. The summed E-state index contributed by atoms with van der Waals surface area (Å²) in [5.41, 5.74) is -0.364. The molecule has 4 rings (SSSR count). The summed E-state index contributed by atoms with van der Waals surface area (Å²) in [5, 5.41) is 32.4. The van der Waals surface area contributed by atoms with Crippen LogP contribution in [-0.2, 0) is 23.6 Å². The molecule has 0 radical (unpaired) electrons. The molecule has 0 unspecified atom stereocenters. The Kier molecular flexibility index (Phi) is 6.98. The third-order valence-electron chi connectivity index (χ3n) is 5.43. The molecule has 2 aromatic heterocycles. The zero-order valence-corrected chi connectivity index (χ0v) is 19.5. The van der Waals surface area contributed by atoms with Crippen LogP contribution in [-0.4, -0.2) is 84.9 Å².